The monoisotopic (exact) mass is 470 g/mol. The van der Waals surface area contributed by atoms with E-state index in [1.54, 1.807) is 26.0 Å². The predicted molar refractivity (Wildman–Crippen MR) is 111 cm³/mol. The number of aromatic nitrogens is 3. The first-order valence-electron chi connectivity index (χ1n) is 9.13. The number of sulfonamides is 1. The molecule has 4 rings (SSSR count). The molecule has 0 radical (unpaired) electrons. The second kappa shape index (κ2) is 7.77. The third-order valence-electron chi connectivity index (χ3n) is 4.84. The van der Waals surface area contributed by atoms with E-state index in [9.17, 15) is 21.6 Å². The molecule has 0 saturated carbocycles. The van der Waals surface area contributed by atoms with E-state index in [1.807, 2.05) is 0 Å². The van der Waals surface area contributed by atoms with Crippen molar-refractivity contribution in [1.82, 2.24) is 18.5 Å². The van der Waals surface area contributed by atoms with Crippen LogP contribution >= 0.6 is 11.7 Å². The summed E-state index contributed by atoms with van der Waals surface area (Å²) in [6.45, 7) is 3.51. The molecule has 0 spiro atoms. The average Bonchev–Trinajstić information content (AvgIpc) is 3.24. The first kappa shape index (κ1) is 21.5. The van der Waals surface area contributed by atoms with E-state index in [1.165, 1.54) is 18.2 Å². The number of H-pyrrole nitrogens is 1. The summed E-state index contributed by atoms with van der Waals surface area (Å²) in [4.78, 5) is 3.17. The Hall–Kier alpha value is -2.70. The van der Waals surface area contributed by atoms with Crippen LogP contribution in [0.25, 0.3) is 21.9 Å². The summed E-state index contributed by atoms with van der Waals surface area (Å²) in [6.07, 6.45) is -4.52. The number of aromatic amines is 1. The molecule has 12 heteroatoms. The highest BCUT2D eigenvalue weighted by molar-refractivity contribution is 7.89. The van der Waals surface area contributed by atoms with Crippen molar-refractivity contribution in [3.05, 3.63) is 47.2 Å². The number of aryl methyl sites for hydroxylation is 2. The average molecular weight is 470 g/mol. The summed E-state index contributed by atoms with van der Waals surface area (Å²) in [5.41, 5.74) is 3.44. The van der Waals surface area contributed by atoms with Crippen molar-refractivity contribution in [2.45, 2.75) is 31.5 Å². The largest absolute Gasteiger partial charge is 0.573 e. The number of alkyl halides is 3. The Balaban J connectivity index is 1.58. The normalized spacial score (nSPS) is 12.7. The van der Waals surface area contributed by atoms with Crippen LogP contribution in [0.2, 0.25) is 0 Å². The second-order valence-corrected chi connectivity index (χ2v) is 9.21. The highest BCUT2D eigenvalue weighted by atomic mass is 32.2. The van der Waals surface area contributed by atoms with Crippen molar-refractivity contribution in [3.8, 4) is 5.75 Å². The van der Waals surface area contributed by atoms with Crippen molar-refractivity contribution < 1.29 is 26.3 Å². The van der Waals surface area contributed by atoms with Crippen molar-refractivity contribution in [2.75, 3.05) is 6.54 Å². The van der Waals surface area contributed by atoms with E-state index in [0.29, 0.717) is 33.1 Å². The van der Waals surface area contributed by atoms with E-state index < -0.39 is 16.4 Å². The number of benzene rings is 2. The van der Waals surface area contributed by atoms with Crippen molar-refractivity contribution in [1.29, 1.82) is 0 Å². The zero-order chi connectivity index (χ0) is 22.4. The summed E-state index contributed by atoms with van der Waals surface area (Å²) in [5.74, 6) is -0.334. The summed E-state index contributed by atoms with van der Waals surface area (Å²) in [6, 6.07) is 7.40. The third kappa shape index (κ3) is 4.36. The SMILES string of the molecule is Cc1ccc2nsnc2c1S(=O)(=O)NCCc1c(C)[nH]c2ccc(OC(F)(F)F)cc12. The molecule has 2 aromatic heterocycles. The minimum atomic E-state index is -4.79. The number of fused-ring (bicyclic) bond motifs is 2. The summed E-state index contributed by atoms with van der Waals surface area (Å²) in [7, 11) is -3.87. The summed E-state index contributed by atoms with van der Waals surface area (Å²) < 4.78 is 78.2. The van der Waals surface area contributed by atoms with Crippen LogP contribution in [-0.4, -0.2) is 35.1 Å². The topological polar surface area (TPSA) is 97.0 Å². The lowest BCUT2D eigenvalue weighted by Gasteiger charge is -2.11. The zero-order valence-corrected chi connectivity index (χ0v) is 18.0. The molecule has 0 aliphatic heterocycles. The predicted octanol–water partition coefficient (Wildman–Crippen LogP) is 4.21. The minimum absolute atomic E-state index is 0.0495. The molecular formula is C19H17F3N4O3S2. The fourth-order valence-corrected chi connectivity index (χ4v) is 5.54. The molecule has 0 aliphatic carbocycles. The molecule has 0 atom stereocenters. The van der Waals surface area contributed by atoms with Gasteiger partial charge in [-0.3, -0.25) is 0 Å². The molecule has 0 saturated heterocycles. The molecule has 2 aromatic carbocycles. The van der Waals surface area contributed by atoms with Gasteiger partial charge in [-0.05, 0) is 55.7 Å². The number of hydrogen-bond acceptors (Lipinski definition) is 6. The van der Waals surface area contributed by atoms with Crippen LogP contribution in [0.15, 0.2) is 35.2 Å². The fourth-order valence-electron chi connectivity index (χ4n) is 3.53. The lowest BCUT2D eigenvalue weighted by atomic mass is 10.1. The summed E-state index contributed by atoms with van der Waals surface area (Å²) >= 11 is 0.934. The number of halogens is 3. The second-order valence-electron chi connectivity index (χ2n) is 6.98. The molecular weight excluding hydrogens is 453 g/mol. The van der Waals surface area contributed by atoms with Crippen molar-refractivity contribution in [2.24, 2.45) is 0 Å². The van der Waals surface area contributed by atoms with Crippen molar-refractivity contribution in [3.63, 3.8) is 0 Å². The number of hydrogen-bond donors (Lipinski definition) is 2. The Morgan fingerprint density at radius 3 is 2.68 bits per heavy atom. The van der Waals surface area contributed by atoms with Gasteiger partial charge in [0.1, 0.15) is 21.7 Å². The first-order valence-corrected chi connectivity index (χ1v) is 11.3. The molecule has 0 unspecified atom stereocenters. The maximum Gasteiger partial charge on any atom is 0.573 e. The van der Waals surface area contributed by atoms with Gasteiger partial charge in [-0.25, -0.2) is 13.1 Å². The van der Waals surface area contributed by atoms with Crippen LogP contribution < -0.4 is 9.46 Å². The van der Waals surface area contributed by atoms with E-state index >= 15 is 0 Å². The maximum atomic E-state index is 12.9. The number of rotatable bonds is 6. The van der Waals surface area contributed by atoms with Gasteiger partial charge in [0.15, 0.2) is 0 Å². The van der Waals surface area contributed by atoms with Crippen LogP contribution in [0.5, 0.6) is 5.75 Å². The molecule has 0 aliphatic rings. The Kier molecular flexibility index (Phi) is 5.40. The van der Waals surface area contributed by atoms with E-state index in [-0.39, 0.29) is 23.6 Å². The minimum Gasteiger partial charge on any atom is -0.406 e. The molecule has 7 nitrogen and oxygen atoms in total. The van der Waals surface area contributed by atoms with Crippen LogP contribution in [0, 0.1) is 13.8 Å². The van der Waals surface area contributed by atoms with Gasteiger partial charge in [0.25, 0.3) is 0 Å². The number of nitrogens with one attached hydrogen (secondary N) is 2. The molecule has 31 heavy (non-hydrogen) atoms. The number of ether oxygens (including phenoxy) is 1. The number of nitrogens with zero attached hydrogens (tertiary/aromatic N) is 2. The lowest BCUT2D eigenvalue weighted by Crippen LogP contribution is -2.27. The molecule has 164 valence electrons. The van der Waals surface area contributed by atoms with Gasteiger partial charge >= 0.3 is 6.36 Å². The quantitative estimate of drug-likeness (QED) is 0.440. The molecule has 2 N–H and O–H groups in total. The molecule has 0 bridgehead atoms. The van der Waals surface area contributed by atoms with Crippen LogP contribution in [0.1, 0.15) is 16.8 Å². The van der Waals surface area contributed by atoms with Gasteiger partial charge in [-0.1, -0.05) is 6.07 Å². The van der Waals surface area contributed by atoms with Gasteiger partial charge in [-0.2, -0.15) is 8.75 Å². The highest BCUT2D eigenvalue weighted by Gasteiger charge is 2.31. The Bertz CT molecular complexity index is 1380. The van der Waals surface area contributed by atoms with Crippen LogP contribution in [0.4, 0.5) is 13.2 Å². The first-order chi connectivity index (χ1) is 14.5. The van der Waals surface area contributed by atoms with Crippen LogP contribution in [-0.2, 0) is 16.4 Å². The smallest absolute Gasteiger partial charge is 0.406 e. The van der Waals surface area contributed by atoms with Gasteiger partial charge in [0.2, 0.25) is 10.0 Å². The van der Waals surface area contributed by atoms with Crippen LogP contribution in [0.3, 0.4) is 0 Å². The van der Waals surface area contributed by atoms with Gasteiger partial charge in [0, 0.05) is 23.1 Å². The van der Waals surface area contributed by atoms with Gasteiger partial charge in [0.05, 0.1) is 11.7 Å². The fraction of sp³-hybridized carbons (Fsp3) is 0.263. The Morgan fingerprint density at radius 2 is 1.94 bits per heavy atom. The maximum absolute atomic E-state index is 12.9. The van der Waals surface area contributed by atoms with E-state index in [0.717, 1.165) is 17.4 Å². The van der Waals surface area contributed by atoms with Crippen molar-refractivity contribution >= 4 is 43.7 Å². The molecule has 2 heterocycles. The third-order valence-corrected chi connectivity index (χ3v) is 7.02. The van der Waals surface area contributed by atoms with E-state index in [2.05, 4.69) is 23.2 Å². The Morgan fingerprint density at radius 1 is 1.16 bits per heavy atom. The summed E-state index contributed by atoms with van der Waals surface area (Å²) in [5, 5.41) is 0.542. The van der Waals surface area contributed by atoms with Gasteiger partial charge in [-0.15, -0.1) is 13.2 Å². The molecule has 4 aromatic rings. The molecule has 0 amide bonds. The van der Waals surface area contributed by atoms with Gasteiger partial charge < -0.3 is 9.72 Å². The Labute approximate surface area is 179 Å². The zero-order valence-electron chi connectivity index (χ0n) is 16.4. The van der Waals surface area contributed by atoms with E-state index in [4.69, 9.17) is 0 Å². The highest BCUT2D eigenvalue weighted by Crippen LogP contribution is 2.30. The standard InChI is InChI=1S/C19H17F3N4O3S2/c1-10-3-5-16-17(26-30-25-16)18(10)31(27,28)23-8-7-13-11(2)24-15-6-4-12(9-14(13)15)29-19(20,21)22/h3-6,9,23-24H,7-8H2,1-2H3. The lowest BCUT2D eigenvalue weighted by molar-refractivity contribution is -0.274. The molecule has 0 fully saturated rings.